The smallest absolute Gasteiger partial charge is 0.220 e. The molecule has 23 heavy (non-hydrogen) atoms. The first-order chi connectivity index (χ1) is 11.2. The Hall–Kier alpha value is -1.85. The van der Waals surface area contributed by atoms with Crippen LogP contribution in [0.5, 0.6) is 5.75 Å². The lowest BCUT2D eigenvalue weighted by Crippen LogP contribution is -2.49. The summed E-state index contributed by atoms with van der Waals surface area (Å²) in [6.45, 7) is 5.16. The molecule has 0 N–H and O–H groups in total. The fourth-order valence-electron chi connectivity index (χ4n) is 3.11. The summed E-state index contributed by atoms with van der Waals surface area (Å²) >= 11 is 1.73. The Morgan fingerprint density at radius 3 is 2.65 bits per heavy atom. The Bertz CT molecular complexity index is 640. The van der Waals surface area contributed by atoms with Crippen molar-refractivity contribution in [2.24, 2.45) is 0 Å². The van der Waals surface area contributed by atoms with E-state index in [1.54, 1.807) is 25.4 Å². The number of methoxy groups -OCH3 is 1. The van der Waals surface area contributed by atoms with E-state index in [1.807, 2.05) is 17.0 Å². The van der Waals surface area contributed by atoms with Crippen LogP contribution in [0.2, 0.25) is 0 Å². The highest BCUT2D eigenvalue weighted by atomic mass is 32.1. The Labute approximate surface area is 141 Å². The topological polar surface area (TPSA) is 32.8 Å². The normalized spacial score (nSPS) is 18.9. The van der Waals surface area contributed by atoms with Crippen molar-refractivity contribution in [2.45, 2.75) is 19.5 Å². The van der Waals surface area contributed by atoms with E-state index in [9.17, 15) is 4.79 Å². The van der Waals surface area contributed by atoms with E-state index in [2.05, 4.69) is 33.9 Å². The zero-order valence-electron chi connectivity index (χ0n) is 13.6. The number of hydrogen-bond donors (Lipinski definition) is 0. The average Bonchev–Trinajstić information content (AvgIpc) is 3.07. The van der Waals surface area contributed by atoms with Crippen LogP contribution >= 0.6 is 11.3 Å². The van der Waals surface area contributed by atoms with Gasteiger partial charge in [0.15, 0.2) is 0 Å². The molecule has 1 fully saturated rings. The number of thiophene rings is 1. The van der Waals surface area contributed by atoms with Crippen LogP contribution in [-0.2, 0) is 11.3 Å². The van der Waals surface area contributed by atoms with E-state index in [0.717, 1.165) is 37.5 Å². The second kappa shape index (κ2) is 7.15. The van der Waals surface area contributed by atoms with Crippen LogP contribution in [0.4, 0.5) is 0 Å². The maximum Gasteiger partial charge on any atom is 0.220 e. The Kier molecular flexibility index (Phi) is 4.98. The molecule has 122 valence electrons. The number of rotatable bonds is 4. The van der Waals surface area contributed by atoms with Gasteiger partial charge in [-0.05, 0) is 40.1 Å². The second-order valence-electron chi connectivity index (χ2n) is 5.87. The molecule has 1 saturated heterocycles. The summed E-state index contributed by atoms with van der Waals surface area (Å²) < 4.78 is 5.23. The molecule has 0 bridgehead atoms. The van der Waals surface area contributed by atoms with Gasteiger partial charge in [0.1, 0.15) is 5.75 Å². The average molecular weight is 330 g/mol. The highest BCUT2D eigenvalue weighted by molar-refractivity contribution is 7.07. The summed E-state index contributed by atoms with van der Waals surface area (Å²) in [5, 5.41) is 4.31. The first kappa shape index (κ1) is 16.0. The molecule has 3 rings (SSSR count). The molecule has 1 aliphatic heterocycles. The number of ether oxygens (including phenoxy) is 1. The van der Waals surface area contributed by atoms with Gasteiger partial charge in [-0.25, -0.2) is 0 Å². The number of carbonyl (C=O) groups excluding carboxylic acids is 1. The van der Waals surface area contributed by atoms with Gasteiger partial charge in [0.05, 0.1) is 13.2 Å². The van der Waals surface area contributed by atoms with Crippen molar-refractivity contribution in [3.63, 3.8) is 0 Å². The summed E-state index contributed by atoms with van der Waals surface area (Å²) in [5.74, 6) is 0.982. The number of nitrogens with zero attached hydrogens (tertiary/aromatic N) is 2. The summed E-state index contributed by atoms with van der Waals surface area (Å²) in [7, 11) is 1.67. The lowest BCUT2D eigenvalue weighted by molar-refractivity contribution is -0.134. The van der Waals surface area contributed by atoms with Gasteiger partial charge in [0.25, 0.3) is 0 Å². The highest BCUT2D eigenvalue weighted by Gasteiger charge is 2.29. The second-order valence-corrected chi connectivity index (χ2v) is 6.65. The minimum absolute atomic E-state index is 0.103. The van der Waals surface area contributed by atoms with Crippen LogP contribution in [-0.4, -0.2) is 42.5 Å². The van der Waals surface area contributed by atoms with Crippen molar-refractivity contribution >= 4 is 17.2 Å². The molecule has 2 aromatic rings. The lowest BCUT2D eigenvalue weighted by atomic mass is 10.0. The zero-order chi connectivity index (χ0) is 16.2. The molecule has 0 aliphatic carbocycles. The first-order valence-corrected chi connectivity index (χ1v) is 8.76. The fraction of sp³-hybridized carbons (Fsp3) is 0.389. The molecule has 5 heteroatoms. The highest BCUT2D eigenvalue weighted by Crippen LogP contribution is 2.28. The van der Waals surface area contributed by atoms with Gasteiger partial charge in [-0.15, -0.1) is 0 Å². The van der Waals surface area contributed by atoms with Crippen LogP contribution < -0.4 is 4.74 Å². The molecule has 1 unspecified atom stereocenters. The van der Waals surface area contributed by atoms with Gasteiger partial charge in [0, 0.05) is 33.1 Å². The Morgan fingerprint density at radius 1 is 1.26 bits per heavy atom. The van der Waals surface area contributed by atoms with Crippen LogP contribution in [0, 0.1) is 0 Å². The SMILES string of the molecule is COc1ccc(C2CN(Cc3ccsc3)CCN2C(C)=O)cc1. The van der Waals surface area contributed by atoms with Crippen molar-refractivity contribution in [3.8, 4) is 5.75 Å². The summed E-state index contributed by atoms with van der Waals surface area (Å²) in [5.41, 5.74) is 2.51. The lowest BCUT2D eigenvalue weighted by Gasteiger charge is -2.41. The predicted octanol–water partition coefficient (Wildman–Crippen LogP) is 3.16. The number of benzene rings is 1. The van der Waals surface area contributed by atoms with Crippen molar-refractivity contribution in [1.82, 2.24) is 9.80 Å². The van der Waals surface area contributed by atoms with Crippen molar-refractivity contribution < 1.29 is 9.53 Å². The van der Waals surface area contributed by atoms with Crippen LogP contribution in [0.25, 0.3) is 0 Å². The molecule has 1 amide bonds. The summed E-state index contributed by atoms with van der Waals surface area (Å²) in [6, 6.07) is 10.3. The van der Waals surface area contributed by atoms with E-state index < -0.39 is 0 Å². The molecular weight excluding hydrogens is 308 g/mol. The zero-order valence-corrected chi connectivity index (χ0v) is 14.4. The molecule has 1 aromatic heterocycles. The molecule has 1 atom stereocenters. The number of piperazine rings is 1. The van der Waals surface area contributed by atoms with Gasteiger partial charge in [-0.3, -0.25) is 9.69 Å². The molecule has 0 saturated carbocycles. The van der Waals surface area contributed by atoms with Crippen LogP contribution in [0.1, 0.15) is 24.1 Å². The molecule has 0 spiro atoms. The van der Waals surface area contributed by atoms with E-state index >= 15 is 0 Å². The quantitative estimate of drug-likeness (QED) is 0.863. The molecule has 0 radical (unpaired) electrons. The van der Waals surface area contributed by atoms with E-state index in [1.165, 1.54) is 5.56 Å². The summed E-state index contributed by atoms with van der Waals surface area (Å²) in [4.78, 5) is 16.4. The van der Waals surface area contributed by atoms with Crippen molar-refractivity contribution in [1.29, 1.82) is 0 Å². The minimum Gasteiger partial charge on any atom is -0.497 e. The maximum absolute atomic E-state index is 12.0. The monoisotopic (exact) mass is 330 g/mol. The minimum atomic E-state index is 0.103. The largest absolute Gasteiger partial charge is 0.497 e. The number of hydrogen-bond acceptors (Lipinski definition) is 4. The fourth-order valence-corrected chi connectivity index (χ4v) is 3.77. The van der Waals surface area contributed by atoms with Gasteiger partial charge < -0.3 is 9.64 Å². The predicted molar refractivity (Wildman–Crippen MR) is 92.7 cm³/mol. The third-order valence-corrected chi connectivity index (χ3v) is 5.09. The molecule has 4 nitrogen and oxygen atoms in total. The van der Waals surface area contributed by atoms with Gasteiger partial charge in [0.2, 0.25) is 5.91 Å². The van der Waals surface area contributed by atoms with Crippen LogP contribution in [0.15, 0.2) is 41.1 Å². The number of carbonyl (C=O) groups is 1. The maximum atomic E-state index is 12.0. The standard InChI is InChI=1S/C18H22N2O2S/c1-14(21)20-9-8-19(11-15-7-10-23-13-15)12-18(20)16-3-5-17(22-2)6-4-16/h3-7,10,13,18H,8-9,11-12H2,1-2H3. The first-order valence-electron chi connectivity index (χ1n) is 7.82. The van der Waals surface area contributed by atoms with E-state index in [4.69, 9.17) is 4.74 Å². The van der Waals surface area contributed by atoms with Gasteiger partial charge in [-0.1, -0.05) is 12.1 Å². The Balaban J connectivity index is 1.78. The van der Waals surface area contributed by atoms with E-state index in [0.29, 0.717) is 0 Å². The third kappa shape index (κ3) is 3.74. The van der Waals surface area contributed by atoms with Crippen molar-refractivity contribution in [2.75, 3.05) is 26.7 Å². The molecular formula is C18H22N2O2S. The van der Waals surface area contributed by atoms with Crippen molar-refractivity contribution in [3.05, 3.63) is 52.2 Å². The van der Waals surface area contributed by atoms with Gasteiger partial charge in [-0.2, -0.15) is 11.3 Å². The third-order valence-electron chi connectivity index (χ3n) is 4.36. The Morgan fingerprint density at radius 2 is 2.04 bits per heavy atom. The van der Waals surface area contributed by atoms with Crippen LogP contribution in [0.3, 0.4) is 0 Å². The molecule has 1 aliphatic rings. The van der Waals surface area contributed by atoms with Gasteiger partial charge >= 0.3 is 0 Å². The summed E-state index contributed by atoms with van der Waals surface area (Å²) in [6.07, 6.45) is 0. The number of amides is 1. The molecule has 2 heterocycles. The molecule has 1 aromatic carbocycles. The van der Waals surface area contributed by atoms with E-state index in [-0.39, 0.29) is 11.9 Å².